The minimum Gasteiger partial charge on any atom is -0.383 e. The Morgan fingerprint density at radius 2 is 1.30 bits per heavy atom. The maximum atomic E-state index is 11.8. The fraction of sp³-hybridized carbons (Fsp3) is 0.188. The van der Waals surface area contributed by atoms with Gasteiger partial charge in [-0.2, -0.15) is 0 Å². The first-order chi connectivity index (χ1) is 9.63. The predicted molar refractivity (Wildman–Crippen MR) is 84.3 cm³/mol. The molecule has 0 bridgehead atoms. The van der Waals surface area contributed by atoms with Crippen molar-refractivity contribution >= 4 is 23.1 Å². The summed E-state index contributed by atoms with van der Waals surface area (Å²) in [6.45, 7) is 4.17. The molecule has 0 saturated carbocycles. The molecule has 0 aliphatic carbocycles. The Hall–Kier alpha value is -2.49. The number of carbonyl (C=O) groups is 1. The molecule has 0 atom stereocenters. The Labute approximate surface area is 119 Å². The van der Waals surface area contributed by atoms with Crippen molar-refractivity contribution in [3.63, 3.8) is 0 Å². The van der Waals surface area contributed by atoms with Crippen molar-refractivity contribution < 1.29 is 4.79 Å². The molecule has 0 aromatic heterocycles. The first-order valence-electron chi connectivity index (χ1n) is 6.63. The van der Waals surface area contributed by atoms with Crippen LogP contribution < -0.4 is 16.0 Å². The Kier molecular flexibility index (Phi) is 4.60. The highest BCUT2D eigenvalue weighted by Gasteiger charge is 2.02. The van der Waals surface area contributed by atoms with Gasteiger partial charge in [0, 0.05) is 23.1 Å². The van der Waals surface area contributed by atoms with Gasteiger partial charge in [0.25, 0.3) is 0 Å². The van der Waals surface area contributed by atoms with E-state index in [4.69, 9.17) is 0 Å². The van der Waals surface area contributed by atoms with E-state index >= 15 is 0 Å². The number of urea groups is 1. The molecule has 0 unspecified atom stereocenters. The van der Waals surface area contributed by atoms with Crippen molar-refractivity contribution in [1.82, 2.24) is 0 Å². The lowest BCUT2D eigenvalue weighted by molar-refractivity contribution is 0.262. The molecule has 0 fully saturated rings. The van der Waals surface area contributed by atoms with E-state index in [0.717, 1.165) is 17.1 Å². The predicted octanol–water partition coefficient (Wildman–Crippen LogP) is 4.15. The zero-order valence-corrected chi connectivity index (χ0v) is 11.7. The maximum absolute atomic E-state index is 11.8. The van der Waals surface area contributed by atoms with E-state index in [0.29, 0.717) is 6.04 Å². The molecule has 0 saturated heterocycles. The fourth-order valence-electron chi connectivity index (χ4n) is 1.80. The van der Waals surface area contributed by atoms with Gasteiger partial charge in [-0.3, -0.25) is 0 Å². The van der Waals surface area contributed by atoms with Crippen LogP contribution in [0.4, 0.5) is 21.9 Å². The second-order valence-electron chi connectivity index (χ2n) is 4.82. The zero-order valence-electron chi connectivity index (χ0n) is 11.7. The quantitative estimate of drug-likeness (QED) is 0.781. The van der Waals surface area contributed by atoms with Crippen molar-refractivity contribution in [2.75, 3.05) is 16.0 Å². The number of amides is 2. The smallest absolute Gasteiger partial charge is 0.323 e. The van der Waals surface area contributed by atoms with E-state index < -0.39 is 0 Å². The van der Waals surface area contributed by atoms with Gasteiger partial charge in [0.1, 0.15) is 0 Å². The Balaban J connectivity index is 1.91. The van der Waals surface area contributed by atoms with Gasteiger partial charge < -0.3 is 16.0 Å². The normalized spacial score (nSPS) is 10.2. The van der Waals surface area contributed by atoms with E-state index in [1.54, 1.807) is 0 Å². The Bertz CT molecular complexity index is 550. The van der Waals surface area contributed by atoms with Crippen LogP contribution >= 0.6 is 0 Å². The van der Waals surface area contributed by atoms with Crippen molar-refractivity contribution in [1.29, 1.82) is 0 Å². The number of nitrogens with one attached hydrogen (secondary N) is 3. The van der Waals surface area contributed by atoms with Crippen LogP contribution in [0, 0.1) is 0 Å². The van der Waals surface area contributed by atoms with Crippen LogP contribution in [0.5, 0.6) is 0 Å². The van der Waals surface area contributed by atoms with Crippen LogP contribution in [0.15, 0.2) is 54.6 Å². The lowest BCUT2D eigenvalue weighted by Gasteiger charge is -2.11. The lowest BCUT2D eigenvalue weighted by Crippen LogP contribution is -2.19. The summed E-state index contributed by atoms with van der Waals surface area (Å²) < 4.78 is 0. The highest BCUT2D eigenvalue weighted by Crippen LogP contribution is 2.15. The second-order valence-corrected chi connectivity index (χ2v) is 4.82. The summed E-state index contributed by atoms with van der Waals surface area (Å²) in [6, 6.07) is 17.1. The standard InChI is InChI=1S/C16H19N3O/c1-12(2)17-14-8-10-15(11-9-14)19-16(20)18-13-6-4-3-5-7-13/h3-12,17H,1-2H3,(H2,18,19,20). The van der Waals surface area contributed by atoms with Crippen LogP contribution in [-0.4, -0.2) is 12.1 Å². The van der Waals surface area contributed by atoms with Gasteiger partial charge in [-0.05, 0) is 50.2 Å². The highest BCUT2D eigenvalue weighted by atomic mass is 16.2. The second kappa shape index (κ2) is 6.61. The van der Waals surface area contributed by atoms with E-state index in [2.05, 4.69) is 29.8 Å². The molecule has 2 aromatic rings. The SMILES string of the molecule is CC(C)Nc1ccc(NC(=O)Nc2ccccc2)cc1. The molecule has 20 heavy (non-hydrogen) atoms. The van der Waals surface area contributed by atoms with E-state index in [-0.39, 0.29) is 6.03 Å². The van der Waals surface area contributed by atoms with Crippen LogP contribution in [0.3, 0.4) is 0 Å². The minimum atomic E-state index is -0.249. The van der Waals surface area contributed by atoms with Crippen LogP contribution in [0.25, 0.3) is 0 Å². The third-order valence-electron chi connectivity index (χ3n) is 2.63. The maximum Gasteiger partial charge on any atom is 0.323 e. The van der Waals surface area contributed by atoms with Crippen molar-refractivity contribution in [2.24, 2.45) is 0 Å². The summed E-state index contributed by atoms with van der Waals surface area (Å²) in [5.41, 5.74) is 2.56. The molecule has 104 valence electrons. The average molecular weight is 269 g/mol. The van der Waals surface area contributed by atoms with Crippen molar-refractivity contribution in [3.8, 4) is 0 Å². The summed E-state index contributed by atoms with van der Waals surface area (Å²) >= 11 is 0. The van der Waals surface area contributed by atoms with Crippen LogP contribution in [0.1, 0.15) is 13.8 Å². The first kappa shape index (κ1) is 13.9. The lowest BCUT2D eigenvalue weighted by atomic mass is 10.2. The summed E-state index contributed by atoms with van der Waals surface area (Å²) in [5, 5.41) is 8.86. The largest absolute Gasteiger partial charge is 0.383 e. The first-order valence-corrected chi connectivity index (χ1v) is 6.63. The summed E-state index contributed by atoms with van der Waals surface area (Å²) in [7, 11) is 0. The molecule has 2 rings (SSSR count). The number of anilines is 3. The molecule has 3 N–H and O–H groups in total. The summed E-state index contributed by atoms with van der Waals surface area (Å²) in [6.07, 6.45) is 0. The molecular formula is C16H19N3O. The third kappa shape index (κ3) is 4.31. The zero-order chi connectivity index (χ0) is 14.4. The van der Waals surface area contributed by atoms with Gasteiger partial charge in [0.2, 0.25) is 0 Å². The van der Waals surface area contributed by atoms with Gasteiger partial charge >= 0.3 is 6.03 Å². The van der Waals surface area contributed by atoms with Gasteiger partial charge in [0.15, 0.2) is 0 Å². The van der Waals surface area contributed by atoms with E-state index in [9.17, 15) is 4.79 Å². The number of benzene rings is 2. The van der Waals surface area contributed by atoms with Gasteiger partial charge in [-0.25, -0.2) is 4.79 Å². The van der Waals surface area contributed by atoms with Gasteiger partial charge in [-0.1, -0.05) is 18.2 Å². The molecular weight excluding hydrogens is 250 g/mol. The number of hydrogen-bond donors (Lipinski definition) is 3. The molecule has 0 radical (unpaired) electrons. The third-order valence-corrected chi connectivity index (χ3v) is 2.63. The molecule has 0 spiro atoms. The van der Waals surface area contributed by atoms with E-state index in [1.165, 1.54) is 0 Å². The monoisotopic (exact) mass is 269 g/mol. The van der Waals surface area contributed by atoms with Gasteiger partial charge in [-0.15, -0.1) is 0 Å². The summed E-state index contributed by atoms with van der Waals surface area (Å²) in [4.78, 5) is 11.8. The number of para-hydroxylation sites is 1. The van der Waals surface area contributed by atoms with E-state index in [1.807, 2.05) is 54.6 Å². The molecule has 0 aliphatic rings. The molecule has 0 heterocycles. The highest BCUT2D eigenvalue weighted by molar-refractivity contribution is 5.99. The van der Waals surface area contributed by atoms with Crippen molar-refractivity contribution in [3.05, 3.63) is 54.6 Å². The average Bonchev–Trinajstić information content (AvgIpc) is 2.41. The topological polar surface area (TPSA) is 53.2 Å². The molecule has 0 aliphatic heterocycles. The van der Waals surface area contributed by atoms with Crippen LogP contribution in [0.2, 0.25) is 0 Å². The number of hydrogen-bond acceptors (Lipinski definition) is 2. The van der Waals surface area contributed by atoms with Crippen LogP contribution in [-0.2, 0) is 0 Å². The molecule has 4 heteroatoms. The number of rotatable bonds is 4. The Morgan fingerprint density at radius 1 is 0.800 bits per heavy atom. The molecule has 2 aromatic carbocycles. The summed E-state index contributed by atoms with van der Waals surface area (Å²) in [5.74, 6) is 0. The number of carbonyl (C=O) groups excluding carboxylic acids is 1. The minimum absolute atomic E-state index is 0.249. The molecule has 2 amide bonds. The Morgan fingerprint density at radius 3 is 1.85 bits per heavy atom. The van der Waals surface area contributed by atoms with Crippen molar-refractivity contribution in [2.45, 2.75) is 19.9 Å². The fourth-order valence-corrected chi connectivity index (χ4v) is 1.80. The molecule has 4 nitrogen and oxygen atoms in total. The van der Waals surface area contributed by atoms with Gasteiger partial charge in [0.05, 0.1) is 0 Å².